The van der Waals surface area contributed by atoms with E-state index in [2.05, 4.69) is 36.8 Å². The van der Waals surface area contributed by atoms with Gasteiger partial charge in [-0.05, 0) is 24.3 Å². The highest BCUT2D eigenvalue weighted by Crippen LogP contribution is 2.16. The molecule has 0 heterocycles. The first-order valence-corrected chi connectivity index (χ1v) is 6.84. The van der Waals surface area contributed by atoms with E-state index in [4.69, 9.17) is 0 Å². The van der Waals surface area contributed by atoms with E-state index < -0.39 is 0 Å². The number of nitrogens with zero attached hydrogens (tertiary/aromatic N) is 1. The van der Waals surface area contributed by atoms with Crippen molar-refractivity contribution in [3.63, 3.8) is 0 Å². The molecule has 0 unspecified atom stereocenters. The smallest absolute Gasteiger partial charge is 0.0722 e. The van der Waals surface area contributed by atoms with Gasteiger partial charge in [0.2, 0.25) is 0 Å². The second kappa shape index (κ2) is 6.64. The predicted octanol–water partition coefficient (Wildman–Crippen LogP) is 4.29. The maximum atomic E-state index is 4.59. The van der Waals surface area contributed by atoms with Crippen LogP contribution in [0.3, 0.4) is 0 Å². The Balaban J connectivity index is 2.44. The van der Waals surface area contributed by atoms with Crippen molar-refractivity contribution in [2.75, 3.05) is 6.54 Å². The van der Waals surface area contributed by atoms with E-state index in [-0.39, 0.29) is 0 Å². The minimum absolute atomic E-state index is 0.598. The molecule has 0 aliphatic carbocycles. The molecule has 0 atom stereocenters. The van der Waals surface area contributed by atoms with Crippen molar-refractivity contribution in [2.45, 2.75) is 9.79 Å². The van der Waals surface area contributed by atoms with Gasteiger partial charge in [-0.15, -0.1) is 31.8 Å². The third kappa shape index (κ3) is 3.75. The van der Waals surface area contributed by atoms with Gasteiger partial charge in [0.05, 0.1) is 12.3 Å². The summed E-state index contributed by atoms with van der Waals surface area (Å²) in [5.41, 5.74) is 3.11. The van der Waals surface area contributed by atoms with Crippen LogP contribution in [0.15, 0.2) is 76.0 Å². The molecular weight excluding hydrogens is 270 g/mol. The van der Waals surface area contributed by atoms with Crippen LogP contribution in [-0.4, -0.2) is 12.3 Å². The quantitative estimate of drug-likeness (QED) is 0.472. The summed E-state index contributed by atoms with van der Waals surface area (Å²) in [4.78, 5) is 6.48. The van der Waals surface area contributed by atoms with Gasteiger partial charge in [-0.2, -0.15) is 0 Å². The Kier molecular flexibility index (Phi) is 4.88. The van der Waals surface area contributed by atoms with E-state index in [0.717, 1.165) is 26.6 Å². The summed E-state index contributed by atoms with van der Waals surface area (Å²) in [6, 6.07) is 16.0. The van der Waals surface area contributed by atoms with Crippen molar-refractivity contribution in [3.05, 3.63) is 72.3 Å². The molecule has 2 rings (SSSR count). The van der Waals surface area contributed by atoms with Crippen molar-refractivity contribution in [2.24, 2.45) is 4.99 Å². The van der Waals surface area contributed by atoms with Crippen LogP contribution >= 0.6 is 25.3 Å². The Bertz CT molecular complexity index is 536. The minimum Gasteiger partial charge on any atom is -0.280 e. The van der Waals surface area contributed by atoms with Gasteiger partial charge in [-0.3, -0.25) is 4.99 Å². The van der Waals surface area contributed by atoms with Crippen LogP contribution in [0.1, 0.15) is 11.1 Å². The molecule has 2 aromatic rings. The van der Waals surface area contributed by atoms with Gasteiger partial charge in [-0.25, -0.2) is 0 Å². The van der Waals surface area contributed by atoms with Crippen LogP contribution in [0.4, 0.5) is 0 Å². The highest BCUT2D eigenvalue weighted by atomic mass is 32.1. The second-order valence-electron chi connectivity index (χ2n) is 4.07. The number of rotatable bonds is 4. The molecule has 0 aliphatic heterocycles. The van der Waals surface area contributed by atoms with E-state index >= 15 is 0 Å². The highest BCUT2D eigenvalue weighted by Gasteiger charge is 2.06. The van der Waals surface area contributed by atoms with Crippen molar-refractivity contribution < 1.29 is 0 Å². The SMILES string of the molecule is C=CCN=C(c1ccc(S)cc1)c1ccc(S)cc1. The Hall–Kier alpha value is -1.45. The van der Waals surface area contributed by atoms with Gasteiger partial charge in [0.1, 0.15) is 0 Å². The average Bonchev–Trinajstić information content (AvgIpc) is 2.43. The van der Waals surface area contributed by atoms with Crippen LogP contribution in [0.5, 0.6) is 0 Å². The van der Waals surface area contributed by atoms with Crippen molar-refractivity contribution in [3.8, 4) is 0 Å². The molecule has 3 heteroatoms. The third-order valence-corrected chi connectivity index (χ3v) is 3.26. The van der Waals surface area contributed by atoms with Crippen LogP contribution in [0.25, 0.3) is 0 Å². The monoisotopic (exact) mass is 285 g/mol. The van der Waals surface area contributed by atoms with Gasteiger partial charge in [0.25, 0.3) is 0 Å². The van der Waals surface area contributed by atoms with E-state index in [0.29, 0.717) is 6.54 Å². The second-order valence-corrected chi connectivity index (χ2v) is 5.10. The third-order valence-electron chi connectivity index (χ3n) is 2.66. The maximum Gasteiger partial charge on any atom is 0.0722 e. The Morgan fingerprint density at radius 3 is 1.68 bits per heavy atom. The van der Waals surface area contributed by atoms with E-state index in [1.165, 1.54) is 0 Å². The summed E-state index contributed by atoms with van der Waals surface area (Å²) >= 11 is 8.61. The topological polar surface area (TPSA) is 12.4 Å². The number of hydrogen-bond donors (Lipinski definition) is 2. The van der Waals surface area contributed by atoms with Crippen molar-refractivity contribution >= 4 is 31.0 Å². The Labute approximate surface area is 124 Å². The van der Waals surface area contributed by atoms with Gasteiger partial charge >= 0.3 is 0 Å². The summed E-state index contributed by atoms with van der Waals surface area (Å²) in [6.45, 7) is 4.31. The first-order chi connectivity index (χ1) is 9.20. The fraction of sp³-hybridized carbons (Fsp3) is 0.0625. The standard InChI is InChI=1S/C16H15NS2/c1-2-11-17-16(12-3-7-14(18)8-4-12)13-5-9-15(19)10-6-13/h2-10,18-19H,1,11H2. The molecule has 0 bridgehead atoms. The summed E-state index contributed by atoms with van der Waals surface area (Å²) < 4.78 is 0. The Morgan fingerprint density at radius 1 is 0.895 bits per heavy atom. The minimum atomic E-state index is 0.598. The van der Waals surface area contributed by atoms with Gasteiger partial charge in [0.15, 0.2) is 0 Å². The fourth-order valence-corrected chi connectivity index (χ4v) is 2.04. The molecule has 0 spiro atoms. The van der Waals surface area contributed by atoms with Crippen molar-refractivity contribution in [1.82, 2.24) is 0 Å². The largest absolute Gasteiger partial charge is 0.280 e. The number of hydrogen-bond acceptors (Lipinski definition) is 3. The molecule has 0 radical (unpaired) electrons. The molecule has 0 saturated heterocycles. The lowest BCUT2D eigenvalue weighted by Crippen LogP contribution is -2.04. The summed E-state index contributed by atoms with van der Waals surface area (Å²) in [6.07, 6.45) is 1.79. The molecule has 19 heavy (non-hydrogen) atoms. The molecule has 2 aromatic carbocycles. The molecule has 0 amide bonds. The van der Waals surface area contributed by atoms with Gasteiger partial charge in [-0.1, -0.05) is 30.3 Å². The van der Waals surface area contributed by atoms with Crippen LogP contribution in [-0.2, 0) is 0 Å². The van der Waals surface area contributed by atoms with Crippen LogP contribution < -0.4 is 0 Å². The molecule has 0 saturated carbocycles. The molecule has 0 aromatic heterocycles. The van der Waals surface area contributed by atoms with E-state index in [1.54, 1.807) is 6.08 Å². The molecule has 96 valence electrons. The first kappa shape index (κ1) is 14.0. The molecule has 0 aliphatic rings. The molecule has 0 fully saturated rings. The van der Waals surface area contributed by atoms with Crippen LogP contribution in [0.2, 0.25) is 0 Å². The summed E-state index contributed by atoms with van der Waals surface area (Å²) in [7, 11) is 0. The fourth-order valence-electron chi connectivity index (χ4n) is 1.74. The average molecular weight is 285 g/mol. The highest BCUT2D eigenvalue weighted by molar-refractivity contribution is 7.80. The zero-order valence-electron chi connectivity index (χ0n) is 10.5. The van der Waals surface area contributed by atoms with E-state index in [1.807, 2.05) is 48.5 Å². The summed E-state index contributed by atoms with van der Waals surface area (Å²) in [5.74, 6) is 0. The molecular formula is C16H15NS2. The number of thiol groups is 2. The lowest BCUT2D eigenvalue weighted by atomic mass is 10.0. The van der Waals surface area contributed by atoms with Gasteiger partial charge < -0.3 is 0 Å². The molecule has 1 nitrogen and oxygen atoms in total. The zero-order valence-corrected chi connectivity index (χ0v) is 12.2. The van der Waals surface area contributed by atoms with Crippen LogP contribution in [0, 0.1) is 0 Å². The van der Waals surface area contributed by atoms with E-state index in [9.17, 15) is 0 Å². The summed E-state index contributed by atoms with van der Waals surface area (Å²) in [5, 5.41) is 0. The lowest BCUT2D eigenvalue weighted by molar-refractivity contribution is 1.24. The molecule has 0 N–H and O–H groups in total. The number of benzene rings is 2. The zero-order chi connectivity index (χ0) is 13.7. The first-order valence-electron chi connectivity index (χ1n) is 5.95. The Morgan fingerprint density at radius 2 is 1.32 bits per heavy atom. The lowest BCUT2D eigenvalue weighted by Gasteiger charge is -2.08. The number of aliphatic imine (C=N–C) groups is 1. The maximum absolute atomic E-state index is 4.59. The van der Waals surface area contributed by atoms with Gasteiger partial charge in [0, 0.05) is 20.9 Å². The predicted molar refractivity (Wildman–Crippen MR) is 88.1 cm³/mol. The normalized spacial score (nSPS) is 10.0. The van der Waals surface area contributed by atoms with Crippen molar-refractivity contribution in [1.29, 1.82) is 0 Å².